The van der Waals surface area contributed by atoms with E-state index in [0.717, 1.165) is 61.1 Å². The van der Waals surface area contributed by atoms with Crippen molar-refractivity contribution in [1.82, 2.24) is 4.98 Å². The normalized spacial score (nSPS) is 17.8. The zero-order valence-corrected chi connectivity index (χ0v) is 22.7. The predicted octanol–water partition coefficient (Wildman–Crippen LogP) is 7.79. The van der Waals surface area contributed by atoms with E-state index in [1.807, 2.05) is 69.3 Å². The lowest BCUT2D eigenvalue weighted by molar-refractivity contribution is -0.117. The first kappa shape index (κ1) is 28.3. The van der Waals surface area contributed by atoms with Crippen molar-refractivity contribution in [2.75, 3.05) is 0 Å². The minimum atomic E-state index is -0.302. The van der Waals surface area contributed by atoms with Crippen LogP contribution in [0.3, 0.4) is 0 Å². The van der Waals surface area contributed by atoms with E-state index in [1.54, 1.807) is 0 Å². The van der Waals surface area contributed by atoms with E-state index >= 15 is 0 Å². The number of oxazole rings is 1. The Hall–Kier alpha value is -3.23. The second kappa shape index (κ2) is 14.5. The summed E-state index contributed by atoms with van der Waals surface area (Å²) in [4.78, 5) is 16.9. The van der Waals surface area contributed by atoms with Crippen molar-refractivity contribution in [3.05, 3.63) is 77.2 Å². The molecule has 3 atom stereocenters. The first-order valence-electron chi connectivity index (χ1n) is 13.6. The standard InChI is InChI=1S/C30H34N2O3.C2H6/c1-21-11-14-25(15-12-21)30-32-28(22(2)35-30)20-34-27-10-6-9-24(18-27)13-16-26(29(33)19-31)17-23-7-4-3-5-8-23;1-2/h3-5,7-8,11-12,14-15,24,26-27H,6,9-10,13,16-18,20H2,1-2H3;1-2H3. The number of carbonyl (C=O) groups is 1. The molecule has 1 aromatic heterocycles. The summed E-state index contributed by atoms with van der Waals surface area (Å²) in [6.07, 6.45) is 6.83. The van der Waals surface area contributed by atoms with Crippen LogP contribution in [0.5, 0.6) is 0 Å². The summed E-state index contributed by atoms with van der Waals surface area (Å²) >= 11 is 0. The topological polar surface area (TPSA) is 76.1 Å². The summed E-state index contributed by atoms with van der Waals surface area (Å²) in [6, 6.07) is 20.0. The van der Waals surface area contributed by atoms with Crippen molar-refractivity contribution in [2.24, 2.45) is 11.8 Å². The Morgan fingerprint density at radius 3 is 2.54 bits per heavy atom. The number of rotatable bonds is 10. The first-order valence-corrected chi connectivity index (χ1v) is 13.6. The van der Waals surface area contributed by atoms with Gasteiger partial charge < -0.3 is 9.15 Å². The number of benzene rings is 2. The van der Waals surface area contributed by atoms with E-state index < -0.39 is 0 Å². The van der Waals surface area contributed by atoms with Crippen LogP contribution in [0.25, 0.3) is 11.5 Å². The van der Waals surface area contributed by atoms with Crippen LogP contribution in [-0.4, -0.2) is 16.9 Å². The minimum Gasteiger partial charge on any atom is -0.441 e. The highest BCUT2D eigenvalue weighted by atomic mass is 16.5. The third-order valence-electron chi connectivity index (χ3n) is 7.11. The van der Waals surface area contributed by atoms with E-state index in [1.165, 1.54) is 5.56 Å². The SMILES string of the molecule is CC.Cc1ccc(-c2nc(COC3CCCC(CCC(Cc4ccccc4)C(=O)C#N)C3)c(C)o2)cc1. The molecule has 0 radical (unpaired) electrons. The number of nitrogens with zero attached hydrogens (tertiary/aromatic N) is 2. The molecule has 0 saturated heterocycles. The van der Waals surface area contributed by atoms with Gasteiger partial charge in [-0.3, -0.25) is 4.79 Å². The number of ether oxygens (including phenoxy) is 1. The van der Waals surface area contributed by atoms with Gasteiger partial charge in [0, 0.05) is 11.5 Å². The number of hydrogen-bond acceptors (Lipinski definition) is 5. The Morgan fingerprint density at radius 1 is 1.11 bits per heavy atom. The molecule has 1 saturated carbocycles. The van der Waals surface area contributed by atoms with Crippen molar-refractivity contribution in [2.45, 2.75) is 85.4 Å². The van der Waals surface area contributed by atoms with Gasteiger partial charge in [0.25, 0.3) is 0 Å². The fourth-order valence-corrected chi connectivity index (χ4v) is 4.99. The second-order valence-corrected chi connectivity index (χ2v) is 9.79. The molecule has 3 aromatic rings. The Labute approximate surface area is 221 Å². The Kier molecular flexibility index (Phi) is 11.1. The van der Waals surface area contributed by atoms with Crippen molar-refractivity contribution in [3.8, 4) is 17.5 Å². The molecule has 4 rings (SSSR count). The van der Waals surface area contributed by atoms with Gasteiger partial charge in [-0.1, -0.05) is 74.7 Å². The van der Waals surface area contributed by atoms with Gasteiger partial charge in [0.1, 0.15) is 17.5 Å². The van der Waals surface area contributed by atoms with E-state index in [4.69, 9.17) is 9.15 Å². The number of carbonyl (C=O) groups excluding carboxylic acids is 1. The van der Waals surface area contributed by atoms with E-state index in [0.29, 0.717) is 24.8 Å². The van der Waals surface area contributed by atoms with Crippen molar-refractivity contribution in [1.29, 1.82) is 5.26 Å². The molecule has 5 heteroatoms. The summed E-state index contributed by atoms with van der Waals surface area (Å²) < 4.78 is 12.2. The summed E-state index contributed by atoms with van der Waals surface area (Å²) in [5, 5.41) is 9.22. The van der Waals surface area contributed by atoms with Gasteiger partial charge in [0.05, 0.1) is 12.7 Å². The quantitative estimate of drug-likeness (QED) is 0.266. The molecule has 1 heterocycles. The number of nitriles is 1. The zero-order valence-electron chi connectivity index (χ0n) is 22.7. The molecule has 0 N–H and O–H groups in total. The molecule has 0 bridgehead atoms. The van der Waals surface area contributed by atoms with Gasteiger partial charge in [-0.25, -0.2) is 4.98 Å². The first-order chi connectivity index (χ1) is 18.0. The van der Waals surface area contributed by atoms with Crippen molar-refractivity contribution in [3.63, 3.8) is 0 Å². The lowest BCUT2D eigenvalue weighted by atomic mass is 9.81. The molecule has 37 heavy (non-hydrogen) atoms. The van der Waals surface area contributed by atoms with Crippen molar-refractivity contribution < 1.29 is 13.9 Å². The third-order valence-corrected chi connectivity index (χ3v) is 7.11. The lowest BCUT2D eigenvalue weighted by Crippen LogP contribution is -2.24. The maximum atomic E-state index is 12.3. The maximum Gasteiger partial charge on any atom is 0.235 e. The largest absolute Gasteiger partial charge is 0.441 e. The molecule has 1 aliphatic carbocycles. The summed E-state index contributed by atoms with van der Waals surface area (Å²) in [5.74, 6) is 1.41. The summed E-state index contributed by atoms with van der Waals surface area (Å²) in [5.41, 5.74) is 4.14. The summed E-state index contributed by atoms with van der Waals surface area (Å²) in [6.45, 7) is 8.44. The molecular formula is C32H40N2O3. The smallest absolute Gasteiger partial charge is 0.235 e. The molecule has 1 aliphatic rings. The average Bonchev–Trinajstić information content (AvgIpc) is 3.32. The van der Waals surface area contributed by atoms with E-state index in [-0.39, 0.29) is 17.8 Å². The number of Topliss-reactive ketones (excluding diaryl/α,β-unsaturated/α-hetero) is 1. The Morgan fingerprint density at radius 2 is 1.84 bits per heavy atom. The zero-order chi connectivity index (χ0) is 26.6. The average molecular weight is 501 g/mol. The Balaban J connectivity index is 0.00000186. The monoisotopic (exact) mass is 500 g/mol. The van der Waals surface area contributed by atoms with Gasteiger partial charge in [0.15, 0.2) is 0 Å². The van der Waals surface area contributed by atoms with Crippen LogP contribution in [0, 0.1) is 37.0 Å². The molecule has 196 valence electrons. The molecule has 2 aromatic carbocycles. The highest BCUT2D eigenvalue weighted by molar-refractivity contribution is 5.95. The van der Waals surface area contributed by atoms with Crippen molar-refractivity contribution >= 4 is 5.78 Å². The fourth-order valence-electron chi connectivity index (χ4n) is 4.99. The fraction of sp³-hybridized carbons (Fsp3) is 0.469. The van der Waals surface area contributed by atoms with Crippen LogP contribution >= 0.6 is 0 Å². The van der Waals surface area contributed by atoms with Crippen LogP contribution < -0.4 is 0 Å². The molecule has 0 amide bonds. The number of aryl methyl sites for hydroxylation is 2. The predicted molar refractivity (Wildman–Crippen MR) is 147 cm³/mol. The highest BCUT2D eigenvalue weighted by Gasteiger charge is 2.26. The van der Waals surface area contributed by atoms with Gasteiger partial charge in [0.2, 0.25) is 11.7 Å². The molecule has 0 spiro atoms. The van der Waals surface area contributed by atoms with Crippen LogP contribution in [0.4, 0.5) is 0 Å². The van der Waals surface area contributed by atoms with Crippen LogP contribution in [0.1, 0.15) is 75.0 Å². The van der Waals surface area contributed by atoms with Crippen LogP contribution in [0.15, 0.2) is 59.0 Å². The van der Waals surface area contributed by atoms with E-state index in [9.17, 15) is 10.1 Å². The lowest BCUT2D eigenvalue weighted by Gasteiger charge is -2.29. The minimum absolute atomic E-state index is 0.187. The molecule has 1 fully saturated rings. The molecular weight excluding hydrogens is 460 g/mol. The van der Waals surface area contributed by atoms with E-state index in [2.05, 4.69) is 24.0 Å². The van der Waals surface area contributed by atoms with Gasteiger partial charge >= 0.3 is 0 Å². The summed E-state index contributed by atoms with van der Waals surface area (Å²) in [7, 11) is 0. The maximum absolute atomic E-state index is 12.3. The number of hydrogen-bond donors (Lipinski definition) is 0. The number of aromatic nitrogens is 1. The van der Waals surface area contributed by atoms with Crippen LogP contribution in [0.2, 0.25) is 0 Å². The Bertz CT molecular complexity index is 1150. The molecule has 3 unspecified atom stereocenters. The molecule has 5 nitrogen and oxygen atoms in total. The van der Waals surface area contributed by atoms with Gasteiger partial charge in [-0.2, -0.15) is 5.26 Å². The van der Waals surface area contributed by atoms with Gasteiger partial charge in [-0.05, 0) is 69.6 Å². The second-order valence-electron chi connectivity index (χ2n) is 9.79. The van der Waals surface area contributed by atoms with Gasteiger partial charge in [-0.15, -0.1) is 0 Å². The highest BCUT2D eigenvalue weighted by Crippen LogP contribution is 2.32. The number of ketones is 1. The molecule has 0 aliphatic heterocycles. The van der Waals surface area contributed by atoms with Crippen LogP contribution in [-0.2, 0) is 22.6 Å². The third kappa shape index (κ3) is 8.40.